The van der Waals surface area contributed by atoms with E-state index in [-0.39, 0.29) is 23.6 Å². The predicted molar refractivity (Wildman–Crippen MR) is 98.9 cm³/mol. The number of nitrogens with zero attached hydrogens (tertiary/aromatic N) is 4. The van der Waals surface area contributed by atoms with Gasteiger partial charge in [-0.2, -0.15) is 5.26 Å². The summed E-state index contributed by atoms with van der Waals surface area (Å²) in [5.41, 5.74) is 1.23. The summed E-state index contributed by atoms with van der Waals surface area (Å²) in [5, 5.41) is 10.3. The molecule has 0 radical (unpaired) electrons. The number of carbonyl (C=O) groups is 1. The zero-order chi connectivity index (χ0) is 18.8. The molecule has 0 spiro atoms. The van der Waals surface area contributed by atoms with Gasteiger partial charge in [0.05, 0.1) is 29.3 Å². The number of aromatic nitrogens is 4. The van der Waals surface area contributed by atoms with Crippen LogP contribution < -0.4 is 5.69 Å². The van der Waals surface area contributed by atoms with E-state index >= 15 is 0 Å². The molecular weight excluding hydrogens is 344 g/mol. The lowest BCUT2D eigenvalue weighted by molar-refractivity contribution is -0.137. The number of likely N-dealkylation sites (tertiary alicyclic amines) is 1. The van der Waals surface area contributed by atoms with Crippen LogP contribution in [0, 0.1) is 22.7 Å². The number of amides is 1. The van der Waals surface area contributed by atoms with Crippen LogP contribution in [0.1, 0.15) is 32.2 Å². The number of fused-ring (bicyclic) bond motifs is 3. The fraction of sp³-hybridized carbons (Fsp3) is 0.474. The lowest BCUT2D eigenvalue weighted by Crippen LogP contribution is -2.48. The quantitative estimate of drug-likeness (QED) is 0.723. The molecule has 1 saturated carbocycles. The monoisotopic (exact) mass is 364 g/mol. The Morgan fingerprint density at radius 2 is 2.26 bits per heavy atom. The molecule has 1 aliphatic carbocycles. The van der Waals surface area contributed by atoms with E-state index in [1.165, 1.54) is 0 Å². The largest absolute Gasteiger partial charge is 0.346 e. The molecule has 8 nitrogen and oxygen atoms in total. The molecule has 0 aromatic carbocycles. The molecule has 138 valence electrons. The topological polar surface area (TPSA) is 111 Å². The SMILES string of the molecule is C[C@@H]1CCN(C(=O)C2(C#N)CC2)C[C@@H]1n1c(=O)[nH]c2cnc3[nH]ccc3c21. The average Bonchev–Trinajstić information content (AvgIpc) is 3.19. The summed E-state index contributed by atoms with van der Waals surface area (Å²) in [6, 6.07) is 3.97. The smallest absolute Gasteiger partial charge is 0.326 e. The number of piperidine rings is 1. The molecule has 1 amide bonds. The first-order chi connectivity index (χ1) is 13.0. The van der Waals surface area contributed by atoms with Crippen molar-refractivity contribution in [1.82, 2.24) is 24.4 Å². The van der Waals surface area contributed by atoms with E-state index in [1.54, 1.807) is 15.7 Å². The summed E-state index contributed by atoms with van der Waals surface area (Å²) < 4.78 is 1.78. The van der Waals surface area contributed by atoms with Crippen LogP contribution in [-0.4, -0.2) is 43.4 Å². The molecule has 0 bridgehead atoms. The average molecular weight is 364 g/mol. The zero-order valence-corrected chi connectivity index (χ0v) is 15.0. The van der Waals surface area contributed by atoms with Gasteiger partial charge in [-0.25, -0.2) is 9.78 Å². The first-order valence-electron chi connectivity index (χ1n) is 9.31. The molecule has 1 aliphatic heterocycles. The number of nitrogens with one attached hydrogen (secondary N) is 2. The minimum Gasteiger partial charge on any atom is -0.346 e. The number of H-pyrrole nitrogens is 2. The van der Waals surface area contributed by atoms with Gasteiger partial charge in [0.25, 0.3) is 0 Å². The van der Waals surface area contributed by atoms with E-state index in [2.05, 4.69) is 27.9 Å². The molecule has 2 fully saturated rings. The highest BCUT2D eigenvalue weighted by Gasteiger charge is 2.53. The minimum atomic E-state index is -0.825. The number of carbonyl (C=O) groups excluding carboxylic acids is 1. The minimum absolute atomic E-state index is 0.0803. The first-order valence-corrected chi connectivity index (χ1v) is 9.31. The van der Waals surface area contributed by atoms with Crippen molar-refractivity contribution < 1.29 is 4.79 Å². The Labute approximate surface area is 154 Å². The lowest BCUT2D eigenvalue weighted by atomic mass is 9.91. The number of nitriles is 1. The number of hydrogen-bond acceptors (Lipinski definition) is 4. The number of hydrogen-bond donors (Lipinski definition) is 2. The second-order valence-electron chi connectivity index (χ2n) is 7.84. The third-order valence-electron chi connectivity index (χ3n) is 6.17. The van der Waals surface area contributed by atoms with Crippen molar-refractivity contribution in [3.63, 3.8) is 0 Å². The van der Waals surface area contributed by atoms with E-state index in [1.807, 2.05) is 12.3 Å². The van der Waals surface area contributed by atoms with E-state index < -0.39 is 5.41 Å². The lowest BCUT2D eigenvalue weighted by Gasteiger charge is -2.38. The Bertz CT molecular complexity index is 1160. The number of imidazole rings is 1. The van der Waals surface area contributed by atoms with Crippen molar-refractivity contribution in [2.24, 2.45) is 11.3 Å². The molecular formula is C19H20N6O2. The molecule has 2 aliphatic rings. The Morgan fingerprint density at radius 1 is 1.44 bits per heavy atom. The highest BCUT2D eigenvalue weighted by molar-refractivity contribution is 6.01. The van der Waals surface area contributed by atoms with Crippen molar-refractivity contribution in [3.8, 4) is 6.07 Å². The summed E-state index contributed by atoms with van der Waals surface area (Å²) in [6.07, 6.45) is 5.56. The predicted octanol–water partition coefficient (Wildman–Crippen LogP) is 1.92. The highest BCUT2D eigenvalue weighted by Crippen LogP contribution is 2.47. The second-order valence-corrected chi connectivity index (χ2v) is 7.84. The molecule has 0 unspecified atom stereocenters. The zero-order valence-electron chi connectivity index (χ0n) is 15.0. The Morgan fingerprint density at radius 3 is 3.00 bits per heavy atom. The van der Waals surface area contributed by atoms with Gasteiger partial charge in [-0.1, -0.05) is 6.92 Å². The molecule has 3 aromatic heterocycles. The van der Waals surface area contributed by atoms with Crippen LogP contribution in [0.2, 0.25) is 0 Å². The summed E-state index contributed by atoms with van der Waals surface area (Å²) in [6.45, 7) is 3.20. The van der Waals surface area contributed by atoms with Gasteiger partial charge >= 0.3 is 5.69 Å². The maximum atomic E-state index is 12.8. The van der Waals surface area contributed by atoms with Crippen LogP contribution in [0.25, 0.3) is 22.1 Å². The normalized spacial score (nSPS) is 24.2. The van der Waals surface area contributed by atoms with Crippen LogP contribution in [0.5, 0.6) is 0 Å². The highest BCUT2D eigenvalue weighted by atomic mass is 16.2. The van der Waals surface area contributed by atoms with Crippen LogP contribution in [-0.2, 0) is 4.79 Å². The Kier molecular flexibility index (Phi) is 3.26. The maximum absolute atomic E-state index is 12.8. The van der Waals surface area contributed by atoms with E-state index in [4.69, 9.17) is 0 Å². The third-order valence-corrected chi connectivity index (χ3v) is 6.17. The number of pyridine rings is 1. The van der Waals surface area contributed by atoms with Gasteiger partial charge in [0, 0.05) is 24.7 Å². The van der Waals surface area contributed by atoms with Crippen LogP contribution >= 0.6 is 0 Å². The van der Waals surface area contributed by atoms with Gasteiger partial charge in [0.15, 0.2) is 0 Å². The standard InChI is InChI=1S/C19H20N6O2/c1-11-3-7-24(17(26)19(10-20)4-5-19)9-14(11)25-15-12-2-6-21-16(12)22-8-13(15)23-18(25)27/h2,6,8,11,14H,3-5,7,9H2,1H3,(H,21,22)(H,23,27)/t11-,14+/m1/s1. The number of rotatable bonds is 2. The Hall–Kier alpha value is -3.08. The van der Waals surface area contributed by atoms with Crippen molar-refractivity contribution in [2.45, 2.75) is 32.2 Å². The molecule has 4 heterocycles. The van der Waals surface area contributed by atoms with E-state index in [0.29, 0.717) is 31.4 Å². The molecule has 2 atom stereocenters. The van der Waals surface area contributed by atoms with Crippen LogP contribution in [0.15, 0.2) is 23.3 Å². The molecule has 27 heavy (non-hydrogen) atoms. The summed E-state index contributed by atoms with van der Waals surface area (Å²) >= 11 is 0. The molecule has 1 saturated heterocycles. The number of aromatic amines is 2. The molecule has 3 aromatic rings. The van der Waals surface area contributed by atoms with Gasteiger partial charge in [-0.15, -0.1) is 0 Å². The summed E-state index contributed by atoms with van der Waals surface area (Å²) in [5.74, 6) is 0.161. The van der Waals surface area contributed by atoms with Crippen LogP contribution in [0.4, 0.5) is 0 Å². The molecule has 2 N–H and O–H groups in total. The van der Waals surface area contributed by atoms with Gasteiger partial charge < -0.3 is 14.9 Å². The van der Waals surface area contributed by atoms with Crippen molar-refractivity contribution >= 4 is 28.0 Å². The molecule has 8 heteroatoms. The van der Waals surface area contributed by atoms with Gasteiger partial charge in [0.2, 0.25) is 5.91 Å². The van der Waals surface area contributed by atoms with Gasteiger partial charge in [-0.3, -0.25) is 9.36 Å². The summed E-state index contributed by atoms with van der Waals surface area (Å²) in [4.78, 5) is 37.8. The van der Waals surface area contributed by atoms with Crippen LogP contribution in [0.3, 0.4) is 0 Å². The molecule has 5 rings (SSSR count). The second kappa shape index (κ2) is 5.46. The Balaban J connectivity index is 1.60. The fourth-order valence-electron chi connectivity index (χ4n) is 4.31. The van der Waals surface area contributed by atoms with Crippen molar-refractivity contribution in [2.75, 3.05) is 13.1 Å². The van der Waals surface area contributed by atoms with E-state index in [9.17, 15) is 14.9 Å². The summed E-state index contributed by atoms with van der Waals surface area (Å²) in [7, 11) is 0. The van der Waals surface area contributed by atoms with Gasteiger partial charge in [0.1, 0.15) is 11.1 Å². The first kappa shape index (κ1) is 16.1. The maximum Gasteiger partial charge on any atom is 0.326 e. The fourth-order valence-corrected chi connectivity index (χ4v) is 4.31. The van der Waals surface area contributed by atoms with Gasteiger partial charge in [-0.05, 0) is 31.2 Å². The van der Waals surface area contributed by atoms with Crippen molar-refractivity contribution in [1.29, 1.82) is 5.26 Å². The van der Waals surface area contributed by atoms with E-state index in [0.717, 1.165) is 23.0 Å². The third kappa shape index (κ3) is 2.24. The van der Waals surface area contributed by atoms with Crippen molar-refractivity contribution in [3.05, 3.63) is 28.9 Å².